The summed E-state index contributed by atoms with van der Waals surface area (Å²) >= 11 is 0. The van der Waals surface area contributed by atoms with Crippen LogP contribution >= 0.6 is 0 Å². The van der Waals surface area contributed by atoms with Crippen LogP contribution < -0.4 is 10.6 Å². The van der Waals surface area contributed by atoms with E-state index in [-0.39, 0.29) is 29.7 Å². The zero-order chi connectivity index (χ0) is 20.5. The molecule has 0 aliphatic rings. The summed E-state index contributed by atoms with van der Waals surface area (Å²) in [5.41, 5.74) is 2.57. The Kier molecular flexibility index (Phi) is 8.24. The summed E-state index contributed by atoms with van der Waals surface area (Å²) in [5, 5.41) is 6.03. The summed E-state index contributed by atoms with van der Waals surface area (Å²) in [6, 6.07) is 17.5. The molecule has 2 rings (SSSR count). The molecule has 0 aromatic heterocycles. The van der Waals surface area contributed by atoms with Gasteiger partial charge in [0.05, 0.1) is 5.92 Å². The lowest BCUT2D eigenvalue weighted by atomic mass is 9.85. The molecule has 2 N–H and O–H groups in total. The molecule has 28 heavy (non-hydrogen) atoms. The molecule has 2 aromatic rings. The number of rotatable bonds is 9. The fraction of sp³-hybridized carbons (Fsp3) is 0.417. The van der Waals surface area contributed by atoms with Gasteiger partial charge in [-0.05, 0) is 42.5 Å². The Hall–Kier alpha value is -2.62. The minimum atomic E-state index is -0.178. The normalized spacial score (nSPS) is 14.0. The Bertz CT molecular complexity index is 773. The van der Waals surface area contributed by atoms with Crippen molar-refractivity contribution in [1.29, 1.82) is 0 Å². The second-order valence-corrected chi connectivity index (χ2v) is 7.47. The van der Waals surface area contributed by atoms with Crippen molar-refractivity contribution in [3.05, 3.63) is 71.3 Å². The fourth-order valence-electron chi connectivity index (χ4n) is 3.17. The molecular weight excluding hydrogens is 348 g/mol. The van der Waals surface area contributed by atoms with Gasteiger partial charge in [0.15, 0.2) is 0 Å². The molecule has 3 atom stereocenters. The first kappa shape index (κ1) is 21.7. The van der Waals surface area contributed by atoms with E-state index in [1.54, 1.807) is 6.07 Å². The summed E-state index contributed by atoms with van der Waals surface area (Å²) in [5.74, 6) is 0.0115. The zero-order valence-corrected chi connectivity index (χ0v) is 17.4. The third-order valence-electron chi connectivity index (χ3n) is 5.30. The van der Waals surface area contributed by atoms with Gasteiger partial charge in [-0.15, -0.1) is 0 Å². The lowest BCUT2D eigenvalue weighted by Crippen LogP contribution is -2.33. The third kappa shape index (κ3) is 5.95. The Balaban J connectivity index is 2.06. The molecule has 0 spiro atoms. The summed E-state index contributed by atoms with van der Waals surface area (Å²) in [7, 11) is 0. The Morgan fingerprint density at radius 2 is 1.64 bits per heavy atom. The second kappa shape index (κ2) is 10.6. The molecule has 4 nitrogen and oxygen atoms in total. The van der Waals surface area contributed by atoms with Crippen LogP contribution in [0.15, 0.2) is 54.6 Å². The fourth-order valence-corrected chi connectivity index (χ4v) is 3.17. The number of hydrogen-bond acceptors (Lipinski definition) is 2. The van der Waals surface area contributed by atoms with Crippen molar-refractivity contribution in [1.82, 2.24) is 10.6 Å². The molecular formula is C24H32N2O2. The minimum Gasteiger partial charge on any atom is -0.351 e. The van der Waals surface area contributed by atoms with Crippen LogP contribution in [-0.2, 0) is 11.3 Å². The van der Waals surface area contributed by atoms with Crippen LogP contribution in [-0.4, -0.2) is 17.9 Å². The molecule has 3 unspecified atom stereocenters. The average Bonchev–Trinajstić information content (AvgIpc) is 2.73. The lowest BCUT2D eigenvalue weighted by Gasteiger charge is -2.23. The van der Waals surface area contributed by atoms with E-state index < -0.39 is 0 Å². The molecule has 150 valence electrons. The summed E-state index contributed by atoms with van der Waals surface area (Å²) < 4.78 is 0. The number of amides is 2. The number of carbonyl (C=O) groups is 2. The number of hydrogen-bond donors (Lipinski definition) is 2. The van der Waals surface area contributed by atoms with Crippen LogP contribution in [0.5, 0.6) is 0 Å². The van der Waals surface area contributed by atoms with Crippen LogP contribution in [0, 0.1) is 5.92 Å². The van der Waals surface area contributed by atoms with E-state index in [0.29, 0.717) is 12.1 Å². The highest BCUT2D eigenvalue weighted by Crippen LogP contribution is 2.27. The molecule has 0 aliphatic heterocycles. The van der Waals surface area contributed by atoms with Gasteiger partial charge in [0, 0.05) is 18.2 Å². The molecule has 0 fully saturated rings. The SMILES string of the molecule is CCC(C)NC(=O)c1cccc(CNC(=O)C(c2ccccc2)C(C)CC)c1. The third-order valence-corrected chi connectivity index (χ3v) is 5.30. The summed E-state index contributed by atoms with van der Waals surface area (Å²) in [6.45, 7) is 8.64. The Morgan fingerprint density at radius 3 is 2.29 bits per heavy atom. The Labute approximate surface area is 168 Å². The van der Waals surface area contributed by atoms with E-state index in [1.165, 1.54) is 0 Å². The smallest absolute Gasteiger partial charge is 0.251 e. The van der Waals surface area contributed by atoms with Crippen molar-refractivity contribution in [3.8, 4) is 0 Å². The molecule has 2 amide bonds. The van der Waals surface area contributed by atoms with E-state index in [4.69, 9.17) is 0 Å². The highest BCUT2D eigenvalue weighted by Gasteiger charge is 2.25. The van der Waals surface area contributed by atoms with Crippen molar-refractivity contribution in [3.63, 3.8) is 0 Å². The van der Waals surface area contributed by atoms with Crippen LogP contribution in [0.1, 0.15) is 67.9 Å². The summed E-state index contributed by atoms with van der Waals surface area (Å²) in [4.78, 5) is 25.3. The van der Waals surface area contributed by atoms with Gasteiger partial charge in [0.25, 0.3) is 5.91 Å². The standard InChI is InChI=1S/C24H32N2O2/c1-5-17(3)22(20-12-8-7-9-13-20)24(28)25-16-19-11-10-14-21(15-19)23(27)26-18(4)6-2/h7-15,17-18,22H,5-6,16H2,1-4H3,(H,25,28)(H,26,27). The van der Waals surface area contributed by atoms with E-state index in [2.05, 4.69) is 24.5 Å². The first-order chi connectivity index (χ1) is 13.5. The van der Waals surface area contributed by atoms with E-state index in [9.17, 15) is 9.59 Å². The van der Waals surface area contributed by atoms with Gasteiger partial charge in [-0.25, -0.2) is 0 Å². The second-order valence-electron chi connectivity index (χ2n) is 7.47. The maximum atomic E-state index is 12.9. The van der Waals surface area contributed by atoms with Crippen molar-refractivity contribution >= 4 is 11.8 Å². The van der Waals surface area contributed by atoms with E-state index in [1.807, 2.05) is 62.4 Å². The van der Waals surface area contributed by atoms with Gasteiger partial charge < -0.3 is 10.6 Å². The van der Waals surface area contributed by atoms with Gasteiger partial charge >= 0.3 is 0 Å². The largest absolute Gasteiger partial charge is 0.351 e. The van der Waals surface area contributed by atoms with Crippen molar-refractivity contribution < 1.29 is 9.59 Å². The van der Waals surface area contributed by atoms with Crippen molar-refractivity contribution in [2.24, 2.45) is 5.92 Å². The number of benzene rings is 2. The quantitative estimate of drug-likeness (QED) is 0.665. The lowest BCUT2D eigenvalue weighted by molar-refractivity contribution is -0.123. The number of carbonyl (C=O) groups excluding carboxylic acids is 2. The van der Waals surface area contributed by atoms with Crippen LogP contribution in [0.2, 0.25) is 0 Å². The van der Waals surface area contributed by atoms with Gasteiger partial charge in [-0.2, -0.15) is 0 Å². The van der Waals surface area contributed by atoms with Gasteiger partial charge in [-0.1, -0.05) is 69.7 Å². The van der Waals surface area contributed by atoms with Crippen molar-refractivity contribution in [2.45, 2.75) is 59.0 Å². The molecule has 0 saturated carbocycles. The van der Waals surface area contributed by atoms with E-state index >= 15 is 0 Å². The van der Waals surface area contributed by atoms with Gasteiger partial charge in [0.1, 0.15) is 0 Å². The van der Waals surface area contributed by atoms with Crippen molar-refractivity contribution in [2.75, 3.05) is 0 Å². The topological polar surface area (TPSA) is 58.2 Å². The Morgan fingerprint density at radius 1 is 0.929 bits per heavy atom. The highest BCUT2D eigenvalue weighted by atomic mass is 16.2. The predicted molar refractivity (Wildman–Crippen MR) is 114 cm³/mol. The zero-order valence-electron chi connectivity index (χ0n) is 17.4. The van der Waals surface area contributed by atoms with Gasteiger partial charge in [-0.3, -0.25) is 9.59 Å². The van der Waals surface area contributed by atoms with Crippen LogP contribution in [0.4, 0.5) is 0 Å². The van der Waals surface area contributed by atoms with Crippen LogP contribution in [0.25, 0.3) is 0 Å². The predicted octanol–water partition coefficient (Wildman–Crippen LogP) is 4.66. The molecule has 0 bridgehead atoms. The average molecular weight is 381 g/mol. The molecule has 0 saturated heterocycles. The first-order valence-corrected chi connectivity index (χ1v) is 10.2. The van der Waals surface area contributed by atoms with Crippen LogP contribution in [0.3, 0.4) is 0 Å². The molecule has 4 heteroatoms. The monoisotopic (exact) mass is 380 g/mol. The van der Waals surface area contributed by atoms with Gasteiger partial charge in [0.2, 0.25) is 5.91 Å². The maximum absolute atomic E-state index is 12.9. The molecule has 0 radical (unpaired) electrons. The number of nitrogens with one attached hydrogen (secondary N) is 2. The molecule has 0 heterocycles. The summed E-state index contributed by atoms with van der Waals surface area (Å²) in [6.07, 6.45) is 1.82. The van der Waals surface area contributed by atoms with E-state index in [0.717, 1.165) is 24.0 Å². The highest BCUT2D eigenvalue weighted by molar-refractivity contribution is 5.94. The maximum Gasteiger partial charge on any atom is 0.251 e. The first-order valence-electron chi connectivity index (χ1n) is 10.2. The molecule has 2 aromatic carbocycles. The molecule has 0 aliphatic carbocycles. The minimum absolute atomic E-state index is 0.0232.